The summed E-state index contributed by atoms with van der Waals surface area (Å²) in [5.41, 5.74) is 2.64. The van der Waals surface area contributed by atoms with Crippen molar-refractivity contribution in [2.75, 3.05) is 13.1 Å². The minimum Gasteiger partial charge on any atom is -0.508 e. The highest BCUT2D eigenvalue weighted by molar-refractivity contribution is 5.81. The van der Waals surface area contributed by atoms with Crippen LogP contribution in [0.5, 0.6) is 5.75 Å². The van der Waals surface area contributed by atoms with E-state index in [0.29, 0.717) is 29.9 Å². The van der Waals surface area contributed by atoms with Crippen LogP contribution in [0.2, 0.25) is 0 Å². The third-order valence-electron chi connectivity index (χ3n) is 5.57. The Morgan fingerprint density at radius 3 is 2.57 bits per heavy atom. The molecule has 0 bridgehead atoms. The fourth-order valence-electron chi connectivity index (χ4n) is 3.90. The molecule has 2 aromatic carbocycles. The number of amides is 1. The van der Waals surface area contributed by atoms with Crippen LogP contribution in [0.3, 0.4) is 0 Å². The lowest BCUT2D eigenvalue weighted by atomic mass is 9.89. The molecule has 1 N–H and O–H groups in total. The zero-order valence-electron chi connectivity index (χ0n) is 15.8. The van der Waals surface area contributed by atoms with Crippen molar-refractivity contribution in [3.8, 4) is 5.75 Å². The van der Waals surface area contributed by atoms with Gasteiger partial charge in [0, 0.05) is 13.1 Å². The Bertz CT molecular complexity index is 1060. The first-order valence-electron chi connectivity index (χ1n) is 9.54. The maximum absolute atomic E-state index is 12.7. The number of aryl methyl sites for hydroxylation is 1. The lowest BCUT2D eigenvalue weighted by molar-refractivity contribution is -0.132. The number of aromatic hydroxyl groups is 1. The summed E-state index contributed by atoms with van der Waals surface area (Å²) in [4.78, 5) is 31.6. The first kappa shape index (κ1) is 18.2. The molecule has 0 radical (unpaired) electrons. The molecule has 3 aromatic rings. The number of benzene rings is 2. The first-order valence-corrected chi connectivity index (χ1v) is 9.54. The highest BCUT2D eigenvalue weighted by Crippen LogP contribution is 2.29. The SMILES string of the molecule is Cc1cccc2c(=O)n(CC(=O)N3CCC(c4ccc(O)cc4)CC3)cnc12. The van der Waals surface area contributed by atoms with Gasteiger partial charge < -0.3 is 10.0 Å². The van der Waals surface area contributed by atoms with Crippen LogP contribution in [0.1, 0.15) is 29.9 Å². The second kappa shape index (κ2) is 7.46. The summed E-state index contributed by atoms with van der Waals surface area (Å²) in [6.45, 7) is 3.26. The lowest BCUT2D eigenvalue weighted by Crippen LogP contribution is -2.41. The number of carbonyl (C=O) groups excluding carboxylic acids is 1. The van der Waals surface area contributed by atoms with E-state index in [1.807, 2.05) is 36.1 Å². The Morgan fingerprint density at radius 2 is 1.86 bits per heavy atom. The molecule has 6 heteroatoms. The highest BCUT2D eigenvalue weighted by Gasteiger charge is 2.24. The summed E-state index contributed by atoms with van der Waals surface area (Å²) < 4.78 is 1.40. The number of nitrogens with zero attached hydrogens (tertiary/aromatic N) is 3. The Hall–Kier alpha value is -3.15. The molecule has 1 saturated heterocycles. The van der Waals surface area contributed by atoms with E-state index < -0.39 is 0 Å². The second-order valence-corrected chi connectivity index (χ2v) is 7.40. The standard InChI is InChI=1S/C22H23N3O3/c1-15-3-2-4-19-21(15)23-14-25(22(19)28)13-20(27)24-11-9-17(10-12-24)16-5-7-18(26)8-6-16/h2-8,14,17,26H,9-13H2,1H3. The zero-order chi connectivity index (χ0) is 19.7. The van der Waals surface area contributed by atoms with Crippen LogP contribution in [0.4, 0.5) is 0 Å². The average molecular weight is 377 g/mol. The number of hydrogen-bond donors (Lipinski definition) is 1. The minimum atomic E-state index is -0.180. The van der Waals surface area contributed by atoms with Crippen molar-refractivity contribution in [3.63, 3.8) is 0 Å². The molecule has 1 fully saturated rings. The molecule has 1 aromatic heterocycles. The minimum absolute atomic E-state index is 0.0135. The number of para-hydroxylation sites is 1. The van der Waals surface area contributed by atoms with Crippen molar-refractivity contribution in [2.24, 2.45) is 0 Å². The topological polar surface area (TPSA) is 75.4 Å². The average Bonchev–Trinajstić information content (AvgIpc) is 2.71. The van der Waals surface area contributed by atoms with Gasteiger partial charge in [-0.3, -0.25) is 14.2 Å². The molecule has 0 spiro atoms. The summed E-state index contributed by atoms with van der Waals surface area (Å²) in [5, 5.41) is 9.97. The molecule has 28 heavy (non-hydrogen) atoms. The van der Waals surface area contributed by atoms with E-state index in [9.17, 15) is 14.7 Å². The largest absolute Gasteiger partial charge is 0.508 e. The zero-order valence-corrected chi connectivity index (χ0v) is 15.8. The van der Waals surface area contributed by atoms with Crippen molar-refractivity contribution in [2.45, 2.75) is 32.2 Å². The van der Waals surface area contributed by atoms with Crippen LogP contribution in [0.25, 0.3) is 10.9 Å². The van der Waals surface area contributed by atoms with Gasteiger partial charge in [0.1, 0.15) is 12.3 Å². The molecule has 1 amide bonds. The Kier molecular flexibility index (Phi) is 4.86. The van der Waals surface area contributed by atoms with Gasteiger partial charge in [-0.15, -0.1) is 0 Å². The maximum Gasteiger partial charge on any atom is 0.261 e. The molecule has 1 aliphatic heterocycles. The number of phenolic OH excluding ortho intramolecular Hbond substituents is 1. The van der Waals surface area contributed by atoms with E-state index >= 15 is 0 Å². The van der Waals surface area contributed by atoms with Crippen LogP contribution in [-0.2, 0) is 11.3 Å². The normalized spacial score (nSPS) is 15.1. The van der Waals surface area contributed by atoms with Crippen LogP contribution in [0, 0.1) is 6.92 Å². The molecule has 0 saturated carbocycles. The van der Waals surface area contributed by atoms with Gasteiger partial charge in [0.2, 0.25) is 5.91 Å². The summed E-state index contributed by atoms with van der Waals surface area (Å²) in [6, 6.07) is 12.8. The second-order valence-electron chi connectivity index (χ2n) is 7.40. The molecule has 1 aliphatic rings. The van der Waals surface area contributed by atoms with Gasteiger partial charge in [0.15, 0.2) is 0 Å². The molecule has 144 valence electrons. The predicted octanol–water partition coefficient (Wildman–Crippen LogP) is 2.82. The Labute approximate surface area is 163 Å². The molecule has 6 nitrogen and oxygen atoms in total. The number of phenols is 1. The first-order chi connectivity index (χ1) is 13.5. The van der Waals surface area contributed by atoms with Gasteiger partial charge in [0.05, 0.1) is 17.2 Å². The van der Waals surface area contributed by atoms with Gasteiger partial charge in [-0.05, 0) is 55.0 Å². The molecular formula is C22H23N3O3. The molecular weight excluding hydrogens is 354 g/mol. The summed E-state index contributed by atoms with van der Waals surface area (Å²) in [6.07, 6.45) is 3.22. The van der Waals surface area contributed by atoms with Crippen molar-refractivity contribution in [3.05, 3.63) is 70.3 Å². The number of hydrogen-bond acceptors (Lipinski definition) is 4. The Balaban J connectivity index is 1.44. The monoisotopic (exact) mass is 377 g/mol. The van der Waals surface area contributed by atoms with E-state index in [1.165, 1.54) is 16.5 Å². The van der Waals surface area contributed by atoms with Crippen LogP contribution in [-0.4, -0.2) is 38.6 Å². The highest BCUT2D eigenvalue weighted by atomic mass is 16.3. The maximum atomic E-state index is 12.7. The third kappa shape index (κ3) is 3.50. The summed E-state index contributed by atoms with van der Waals surface area (Å²) >= 11 is 0. The number of rotatable bonds is 3. The van der Waals surface area contributed by atoms with Gasteiger partial charge in [-0.1, -0.05) is 24.3 Å². The molecule has 2 heterocycles. The van der Waals surface area contributed by atoms with Crippen molar-refractivity contribution in [1.82, 2.24) is 14.5 Å². The van der Waals surface area contributed by atoms with Crippen molar-refractivity contribution in [1.29, 1.82) is 0 Å². The van der Waals surface area contributed by atoms with Gasteiger partial charge >= 0.3 is 0 Å². The number of aromatic nitrogens is 2. The van der Waals surface area contributed by atoms with Crippen LogP contribution in [0.15, 0.2) is 53.6 Å². The number of piperidine rings is 1. The van der Waals surface area contributed by atoms with Crippen LogP contribution < -0.4 is 5.56 Å². The predicted molar refractivity (Wildman–Crippen MR) is 107 cm³/mol. The quantitative estimate of drug-likeness (QED) is 0.762. The summed E-state index contributed by atoms with van der Waals surface area (Å²) in [7, 11) is 0. The van der Waals surface area contributed by atoms with E-state index in [1.54, 1.807) is 18.2 Å². The number of fused-ring (bicyclic) bond motifs is 1. The van der Waals surface area contributed by atoms with Gasteiger partial charge in [-0.25, -0.2) is 4.98 Å². The van der Waals surface area contributed by atoms with E-state index in [-0.39, 0.29) is 23.8 Å². The smallest absolute Gasteiger partial charge is 0.261 e. The summed E-state index contributed by atoms with van der Waals surface area (Å²) in [5.74, 6) is 0.596. The van der Waals surface area contributed by atoms with E-state index in [2.05, 4.69) is 4.98 Å². The van der Waals surface area contributed by atoms with Crippen molar-refractivity contribution >= 4 is 16.8 Å². The Morgan fingerprint density at radius 1 is 1.14 bits per heavy atom. The third-order valence-corrected chi connectivity index (χ3v) is 5.57. The fraction of sp³-hybridized carbons (Fsp3) is 0.318. The van der Waals surface area contributed by atoms with E-state index in [0.717, 1.165) is 18.4 Å². The fourth-order valence-corrected chi connectivity index (χ4v) is 3.90. The van der Waals surface area contributed by atoms with E-state index in [4.69, 9.17) is 0 Å². The van der Waals surface area contributed by atoms with Gasteiger partial charge in [0.25, 0.3) is 5.56 Å². The number of likely N-dealkylation sites (tertiary alicyclic amines) is 1. The molecule has 0 aliphatic carbocycles. The number of carbonyl (C=O) groups is 1. The molecule has 4 rings (SSSR count). The molecule has 0 atom stereocenters. The van der Waals surface area contributed by atoms with Crippen LogP contribution >= 0.6 is 0 Å². The van der Waals surface area contributed by atoms with Gasteiger partial charge in [-0.2, -0.15) is 0 Å². The molecule has 0 unspecified atom stereocenters. The van der Waals surface area contributed by atoms with Crippen molar-refractivity contribution < 1.29 is 9.90 Å². The lowest BCUT2D eigenvalue weighted by Gasteiger charge is -2.32.